The van der Waals surface area contributed by atoms with Crippen LogP contribution >= 0.6 is 11.8 Å². The van der Waals surface area contributed by atoms with Gasteiger partial charge in [0.15, 0.2) is 0 Å². The number of aromatic nitrogens is 2. The maximum atomic E-state index is 13.5. The van der Waals surface area contributed by atoms with E-state index in [-0.39, 0.29) is 35.0 Å². The molecule has 0 saturated carbocycles. The van der Waals surface area contributed by atoms with Crippen LogP contribution in [0.3, 0.4) is 0 Å². The average molecular weight is 431 g/mol. The molecule has 1 aliphatic rings. The molecule has 0 unspecified atom stereocenters. The van der Waals surface area contributed by atoms with Gasteiger partial charge in [-0.1, -0.05) is 42.5 Å². The molecule has 7 heteroatoms. The highest BCUT2D eigenvalue weighted by Crippen LogP contribution is 2.43. The Morgan fingerprint density at radius 2 is 1.84 bits per heavy atom. The summed E-state index contributed by atoms with van der Waals surface area (Å²) in [6.45, 7) is -0.151. The lowest BCUT2D eigenvalue weighted by atomic mass is 10.1. The Bertz CT molecular complexity index is 1340. The minimum Gasteiger partial charge on any atom is -0.301 e. The van der Waals surface area contributed by atoms with Gasteiger partial charge in [-0.3, -0.25) is 14.2 Å². The molecular formula is C24H18FN3O2S. The van der Waals surface area contributed by atoms with Crippen molar-refractivity contribution >= 4 is 34.3 Å². The first-order valence-corrected chi connectivity index (χ1v) is 10.8. The van der Waals surface area contributed by atoms with E-state index in [1.165, 1.54) is 29.1 Å². The van der Waals surface area contributed by atoms with Crippen LogP contribution in [-0.4, -0.2) is 21.2 Å². The molecular weight excluding hydrogens is 413 g/mol. The maximum Gasteiger partial charge on any atom is 0.261 e. The normalized spacial score (nSPS) is 15.6. The minimum atomic E-state index is -0.457. The molecule has 5 rings (SSSR count). The average Bonchev–Trinajstić information content (AvgIpc) is 2.80. The third-order valence-electron chi connectivity index (χ3n) is 5.38. The summed E-state index contributed by atoms with van der Waals surface area (Å²) in [7, 11) is 0. The Morgan fingerprint density at radius 1 is 1.06 bits per heavy atom. The predicted molar refractivity (Wildman–Crippen MR) is 120 cm³/mol. The lowest BCUT2D eigenvalue weighted by Crippen LogP contribution is -2.42. The van der Waals surface area contributed by atoms with Crippen molar-refractivity contribution in [1.29, 1.82) is 0 Å². The fourth-order valence-corrected chi connectivity index (χ4v) is 5.05. The van der Waals surface area contributed by atoms with Crippen molar-refractivity contribution in [3.8, 4) is 0 Å². The smallest absolute Gasteiger partial charge is 0.261 e. The SMILES string of the molecule is O=C(Cn1cnc2cc(F)ccc2c1=O)N1c2ccccc2SC[C@@H]1c1ccccc1. The van der Waals surface area contributed by atoms with Crippen LogP contribution in [0.5, 0.6) is 0 Å². The van der Waals surface area contributed by atoms with E-state index in [1.54, 1.807) is 16.7 Å². The van der Waals surface area contributed by atoms with Crippen LogP contribution in [0.4, 0.5) is 10.1 Å². The molecule has 4 aromatic rings. The van der Waals surface area contributed by atoms with Crippen LogP contribution in [0.15, 0.2) is 88.8 Å². The summed E-state index contributed by atoms with van der Waals surface area (Å²) < 4.78 is 14.7. The van der Waals surface area contributed by atoms with E-state index in [0.29, 0.717) is 0 Å². The second-order valence-electron chi connectivity index (χ2n) is 7.31. The lowest BCUT2D eigenvalue weighted by molar-refractivity contribution is -0.119. The molecule has 1 aliphatic heterocycles. The van der Waals surface area contributed by atoms with E-state index in [1.807, 2.05) is 54.6 Å². The largest absolute Gasteiger partial charge is 0.301 e. The van der Waals surface area contributed by atoms with Gasteiger partial charge in [0.2, 0.25) is 5.91 Å². The summed E-state index contributed by atoms with van der Waals surface area (Å²) in [5.74, 6) is 0.0602. The van der Waals surface area contributed by atoms with Crippen molar-refractivity contribution in [3.05, 3.63) is 101 Å². The fraction of sp³-hybridized carbons (Fsp3) is 0.125. The molecule has 0 radical (unpaired) electrons. The van der Waals surface area contributed by atoms with Crippen molar-refractivity contribution in [2.45, 2.75) is 17.5 Å². The minimum absolute atomic E-state index is 0.146. The van der Waals surface area contributed by atoms with Crippen molar-refractivity contribution in [3.63, 3.8) is 0 Å². The van der Waals surface area contributed by atoms with Gasteiger partial charge >= 0.3 is 0 Å². The summed E-state index contributed by atoms with van der Waals surface area (Å²) in [6, 6.07) is 21.4. The topological polar surface area (TPSA) is 55.2 Å². The number of anilines is 1. The maximum absolute atomic E-state index is 13.5. The summed E-state index contributed by atoms with van der Waals surface area (Å²) in [5, 5.41) is 0.283. The molecule has 0 spiro atoms. The number of hydrogen-bond donors (Lipinski definition) is 0. The predicted octanol–water partition coefficient (Wildman–Crippen LogP) is 4.42. The van der Waals surface area contributed by atoms with Gasteiger partial charge in [0.1, 0.15) is 12.4 Å². The van der Waals surface area contributed by atoms with Gasteiger partial charge in [0, 0.05) is 16.7 Å². The van der Waals surface area contributed by atoms with Crippen LogP contribution in [0.1, 0.15) is 11.6 Å². The number of carbonyl (C=O) groups is 1. The molecule has 154 valence electrons. The van der Waals surface area contributed by atoms with Crippen molar-refractivity contribution in [2.75, 3.05) is 10.7 Å². The summed E-state index contributed by atoms with van der Waals surface area (Å²) in [4.78, 5) is 33.4. The van der Waals surface area contributed by atoms with Crippen molar-refractivity contribution in [1.82, 2.24) is 9.55 Å². The van der Waals surface area contributed by atoms with E-state index in [9.17, 15) is 14.0 Å². The molecule has 5 nitrogen and oxygen atoms in total. The first kappa shape index (κ1) is 19.5. The summed E-state index contributed by atoms with van der Waals surface area (Å²) in [5.41, 5.74) is 1.78. The third-order valence-corrected chi connectivity index (χ3v) is 6.52. The molecule has 1 aromatic heterocycles. The zero-order valence-corrected chi connectivity index (χ0v) is 17.3. The van der Waals surface area contributed by atoms with Gasteiger partial charge in [-0.25, -0.2) is 9.37 Å². The molecule has 0 N–H and O–H groups in total. The number of amides is 1. The first-order valence-electron chi connectivity index (χ1n) is 9.85. The summed E-state index contributed by atoms with van der Waals surface area (Å²) in [6.07, 6.45) is 1.31. The molecule has 0 aliphatic carbocycles. The van der Waals surface area contributed by atoms with Crippen LogP contribution in [0.2, 0.25) is 0 Å². The first-order chi connectivity index (χ1) is 15.1. The highest BCUT2D eigenvalue weighted by atomic mass is 32.2. The van der Waals surface area contributed by atoms with Crippen LogP contribution < -0.4 is 10.5 Å². The van der Waals surface area contributed by atoms with Gasteiger partial charge in [0.05, 0.1) is 29.0 Å². The van der Waals surface area contributed by atoms with E-state index in [0.717, 1.165) is 21.9 Å². The number of thioether (sulfide) groups is 1. The zero-order valence-electron chi connectivity index (χ0n) is 16.4. The number of para-hydroxylation sites is 1. The Morgan fingerprint density at radius 3 is 2.68 bits per heavy atom. The molecule has 31 heavy (non-hydrogen) atoms. The van der Waals surface area contributed by atoms with Gasteiger partial charge in [-0.2, -0.15) is 0 Å². The molecule has 0 bridgehead atoms. The van der Waals surface area contributed by atoms with Crippen molar-refractivity contribution < 1.29 is 9.18 Å². The van der Waals surface area contributed by atoms with E-state index >= 15 is 0 Å². The standard InChI is InChI=1S/C24H18FN3O2S/c25-17-10-11-18-19(12-17)26-15-27(24(18)30)13-23(29)28-20-8-4-5-9-22(20)31-14-21(28)16-6-2-1-3-7-16/h1-12,15,21H,13-14H2/t21-/m1/s1. The van der Waals surface area contributed by atoms with E-state index in [2.05, 4.69) is 4.98 Å². The number of fused-ring (bicyclic) bond motifs is 2. The van der Waals surface area contributed by atoms with Gasteiger partial charge < -0.3 is 4.90 Å². The molecule has 2 heterocycles. The van der Waals surface area contributed by atoms with Gasteiger partial charge in [-0.15, -0.1) is 11.8 Å². The number of rotatable bonds is 3. The molecule has 3 aromatic carbocycles. The lowest BCUT2D eigenvalue weighted by Gasteiger charge is -2.37. The molecule has 1 atom stereocenters. The number of hydrogen-bond acceptors (Lipinski definition) is 4. The third kappa shape index (κ3) is 3.61. The van der Waals surface area contributed by atoms with E-state index < -0.39 is 5.82 Å². The zero-order chi connectivity index (χ0) is 21.4. The Labute approximate surface area is 182 Å². The number of carbonyl (C=O) groups excluding carboxylic acids is 1. The quantitative estimate of drug-likeness (QED) is 0.482. The number of nitrogens with zero attached hydrogens (tertiary/aromatic N) is 3. The Balaban J connectivity index is 1.54. The Kier molecular flexibility index (Phi) is 5.03. The number of halogens is 1. The van der Waals surface area contributed by atoms with Crippen LogP contribution in [0.25, 0.3) is 10.9 Å². The fourth-order valence-electron chi connectivity index (χ4n) is 3.88. The number of benzene rings is 3. The molecule has 0 fully saturated rings. The van der Waals surface area contributed by atoms with Crippen LogP contribution in [0, 0.1) is 5.82 Å². The highest BCUT2D eigenvalue weighted by molar-refractivity contribution is 7.99. The van der Waals surface area contributed by atoms with E-state index in [4.69, 9.17) is 0 Å². The Hall–Kier alpha value is -3.45. The molecule has 1 amide bonds. The molecule has 0 saturated heterocycles. The highest BCUT2D eigenvalue weighted by Gasteiger charge is 2.32. The van der Waals surface area contributed by atoms with Crippen molar-refractivity contribution in [2.24, 2.45) is 0 Å². The van der Waals surface area contributed by atoms with Gasteiger partial charge in [-0.05, 0) is 29.8 Å². The van der Waals surface area contributed by atoms with Gasteiger partial charge in [0.25, 0.3) is 5.56 Å². The van der Waals surface area contributed by atoms with Crippen LogP contribution in [-0.2, 0) is 11.3 Å². The second-order valence-corrected chi connectivity index (χ2v) is 8.37. The summed E-state index contributed by atoms with van der Waals surface area (Å²) >= 11 is 1.72. The second kappa shape index (κ2) is 8.00. The monoisotopic (exact) mass is 431 g/mol.